The fraction of sp³-hybridized carbons (Fsp3) is 0.167. The van der Waals surface area contributed by atoms with Crippen molar-refractivity contribution in [1.82, 2.24) is 9.97 Å². The molecule has 32 heavy (non-hydrogen) atoms. The van der Waals surface area contributed by atoms with E-state index in [1.165, 1.54) is 6.07 Å². The first-order chi connectivity index (χ1) is 15.4. The van der Waals surface area contributed by atoms with Crippen LogP contribution in [0.2, 0.25) is 0 Å². The monoisotopic (exact) mass is 444 g/mol. The van der Waals surface area contributed by atoms with Gasteiger partial charge in [0.15, 0.2) is 0 Å². The number of rotatable bonds is 4. The van der Waals surface area contributed by atoms with Crippen molar-refractivity contribution in [2.75, 3.05) is 5.43 Å². The molecule has 0 bridgehead atoms. The van der Waals surface area contributed by atoms with Crippen LogP contribution in [0.5, 0.6) is 5.75 Å². The Kier molecular flexibility index (Phi) is 4.86. The Morgan fingerprint density at radius 2 is 1.97 bits per heavy atom. The van der Waals surface area contributed by atoms with Gasteiger partial charge in [-0.25, -0.2) is 14.8 Å². The van der Waals surface area contributed by atoms with Gasteiger partial charge in [0.25, 0.3) is 0 Å². The molecule has 0 saturated carbocycles. The predicted octanol–water partition coefficient (Wildman–Crippen LogP) is 5.43. The van der Waals surface area contributed by atoms with E-state index in [0.717, 1.165) is 37.9 Å². The van der Waals surface area contributed by atoms with Crippen molar-refractivity contribution in [2.24, 2.45) is 5.10 Å². The van der Waals surface area contributed by atoms with E-state index in [1.54, 1.807) is 23.5 Å². The van der Waals surface area contributed by atoms with Crippen LogP contribution >= 0.6 is 11.3 Å². The van der Waals surface area contributed by atoms with Gasteiger partial charge in [0.2, 0.25) is 5.13 Å². The summed E-state index contributed by atoms with van der Waals surface area (Å²) in [5.41, 5.74) is 6.69. The van der Waals surface area contributed by atoms with Crippen molar-refractivity contribution in [3.63, 3.8) is 0 Å². The lowest BCUT2D eigenvalue weighted by Gasteiger charge is -2.33. The largest absolute Gasteiger partial charge is 0.487 e. The highest BCUT2D eigenvalue weighted by atomic mass is 32.1. The summed E-state index contributed by atoms with van der Waals surface area (Å²) in [5.74, 6) is -0.332. The van der Waals surface area contributed by atoms with Gasteiger partial charge in [-0.05, 0) is 56.3 Å². The van der Waals surface area contributed by atoms with E-state index in [2.05, 4.69) is 20.5 Å². The van der Waals surface area contributed by atoms with E-state index >= 15 is 0 Å². The number of hydrogen-bond donors (Lipinski definition) is 2. The molecule has 2 N–H and O–H groups in total. The standard InChI is InChI=1S/C24H20N4O3S/c1-24(2)13-19(27-28-23-26-17-6-3-4-9-21(17)32-23)15-12-14(10-11-20(15)31-24)16-7-5-8-18(25-16)22(29)30/h3-12H,13H2,1-2H3,(H,26,28)(H,29,30)/b27-19-. The number of nitrogens with zero attached hydrogens (tertiary/aromatic N) is 3. The Morgan fingerprint density at radius 3 is 2.78 bits per heavy atom. The van der Waals surface area contributed by atoms with E-state index in [9.17, 15) is 9.90 Å². The summed E-state index contributed by atoms with van der Waals surface area (Å²) in [6.45, 7) is 4.05. The molecule has 7 nitrogen and oxygen atoms in total. The molecule has 0 amide bonds. The molecule has 0 spiro atoms. The SMILES string of the molecule is CC1(C)C/C(=N/Nc2nc3ccccc3s2)c2cc(-c3cccc(C(=O)O)n3)ccc2O1. The Balaban J connectivity index is 1.53. The Morgan fingerprint density at radius 1 is 1.12 bits per heavy atom. The number of carboxylic acids is 1. The number of hydrogen-bond acceptors (Lipinski definition) is 7. The number of aromatic nitrogens is 2. The molecular weight excluding hydrogens is 424 g/mol. The number of aromatic carboxylic acids is 1. The zero-order valence-electron chi connectivity index (χ0n) is 17.5. The van der Waals surface area contributed by atoms with Crippen LogP contribution in [0.1, 0.15) is 36.3 Å². The fourth-order valence-electron chi connectivity index (χ4n) is 3.69. The average molecular weight is 445 g/mol. The molecule has 1 aliphatic heterocycles. The molecule has 1 aliphatic rings. The molecule has 0 unspecified atom stereocenters. The van der Waals surface area contributed by atoms with Gasteiger partial charge in [0, 0.05) is 17.5 Å². The summed E-state index contributed by atoms with van der Waals surface area (Å²) in [5, 5.41) is 14.7. The number of ether oxygens (including phenoxy) is 1. The fourth-order valence-corrected chi connectivity index (χ4v) is 4.49. The lowest BCUT2D eigenvalue weighted by Crippen LogP contribution is -2.36. The average Bonchev–Trinajstić information content (AvgIpc) is 3.19. The van der Waals surface area contributed by atoms with Crippen molar-refractivity contribution in [1.29, 1.82) is 0 Å². The number of carboxylic acid groups (broad SMARTS) is 1. The lowest BCUT2D eigenvalue weighted by atomic mass is 9.91. The highest BCUT2D eigenvalue weighted by Crippen LogP contribution is 2.36. The number of benzene rings is 2. The third-order valence-corrected chi connectivity index (χ3v) is 6.06. The van der Waals surface area contributed by atoms with Gasteiger partial charge in [-0.1, -0.05) is 29.5 Å². The topological polar surface area (TPSA) is 96.7 Å². The van der Waals surface area contributed by atoms with Crippen LogP contribution in [0.4, 0.5) is 5.13 Å². The highest BCUT2D eigenvalue weighted by molar-refractivity contribution is 7.22. The number of carbonyl (C=O) groups is 1. The summed E-state index contributed by atoms with van der Waals surface area (Å²) < 4.78 is 7.26. The number of anilines is 1. The Hall–Kier alpha value is -3.78. The van der Waals surface area contributed by atoms with Crippen LogP contribution in [-0.4, -0.2) is 32.4 Å². The number of pyridine rings is 1. The van der Waals surface area contributed by atoms with E-state index in [4.69, 9.17) is 4.74 Å². The number of hydrazone groups is 1. The van der Waals surface area contributed by atoms with Crippen LogP contribution in [0.3, 0.4) is 0 Å². The zero-order chi connectivity index (χ0) is 22.3. The Bertz CT molecular complexity index is 1340. The van der Waals surface area contributed by atoms with Crippen molar-refractivity contribution in [3.05, 3.63) is 71.9 Å². The van der Waals surface area contributed by atoms with Gasteiger partial charge >= 0.3 is 5.97 Å². The van der Waals surface area contributed by atoms with Gasteiger partial charge in [-0.15, -0.1) is 0 Å². The van der Waals surface area contributed by atoms with Gasteiger partial charge < -0.3 is 9.84 Å². The highest BCUT2D eigenvalue weighted by Gasteiger charge is 2.31. The first-order valence-corrected chi connectivity index (χ1v) is 10.9. The molecular formula is C24H20N4O3S. The second-order valence-electron chi connectivity index (χ2n) is 8.12. The van der Waals surface area contributed by atoms with E-state index in [0.29, 0.717) is 12.1 Å². The smallest absolute Gasteiger partial charge is 0.354 e. The predicted molar refractivity (Wildman–Crippen MR) is 126 cm³/mol. The van der Waals surface area contributed by atoms with E-state index in [-0.39, 0.29) is 5.69 Å². The summed E-state index contributed by atoms with van der Waals surface area (Å²) in [6.07, 6.45) is 0.601. The molecule has 2 aromatic carbocycles. The summed E-state index contributed by atoms with van der Waals surface area (Å²) in [4.78, 5) is 20.2. The van der Waals surface area contributed by atoms with Crippen LogP contribution in [0, 0.1) is 0 Å². The second-order valence-corrected chi connectivity index (χ2v) is 9.15. The third kappa shape index (κ3) is 3.92. The zero-order valence-corrected chi connectivity index (χ0v) is 18.3. The third-order valence-electron chi connectivity index (χ3n) is 5.11. The van der Waals surface area contributed by atoms with Crippen LogP contribution in [0.15, 0.2) is 65.8 Å². The summed E-state index contributed by atoms with van der Waals surface area (Å²) >= 11 is 1.55. The van der Waals surface area contributed by atoms with E-state index < -0.39 is 11.6 Å². The molecule has 3 heterocycles. The minimum Gasteiger partial charge on any atom is -0.487 e. The van der Waals surface area contributed by atoms with Crippen LogP contribution < -0.4 is 10.2 Å². The van der Waals surface area contributed by atoms with E-state index in [1.807, 2.05) is 56.3 Å². The van der Waals surface area contributed by atoms with Gasteiger partial charge in [0.1, 0.15) is 17.0 Å². The summed E-state index contributed by atoms with van der Waals surface area (Å²) in [6, 6.07) is 18.6. The molecule has 4 aromatic rings. The number of para-hydroxylation sites is 1. The lowest BCUT2D eigenvalue weighted by molar-refractivity contribution is 0.0690. The molecule has 0 aliphatic carbocycles. The van der Waals surface area contributed by atoms with Crippen molar-refractivity contribution < 1.29 is 14.6 Å². The quantitative estimate of drug-likeness (QED) is 0.407. The van der Waals surface area contributed by atoms with Crippen LogP contribution in [-0.2, 0) is 0 Å². The summed E-state index contributed by atoms with van der Waals surface area (Å²) in [7, 11) is 0. The van der Waals surface area contributed by atoms with Crippen molar-refractivity contribution in [2.45, 2.75) is 25.9 Å². The number of fused-ring (bicyclic) bond motifs is 2. The Labute approximate surface area is 188 Å². The number of thiazole rings is 1. The van der Waals surface area contributed by atoms with Gasteiger partial charge in [0.05, 0.1) is 21.6 Å². The maximum atomic E-state index is 11.3. The molecule has 2 aromatic heterocycles. The molecule has 0 atom stereocenters. The van der Waals surface area contributed by atoms with Crippen molar-refractivity contribution >= 4 is 38.4 Å². The molecule has 0 fully saturated rings. The number of nitrogens with one attached hydrogen (secondary N) is 1. The van der Waals surface area contributed by atoms with Crippen LogP contribution in [0.25, 0.3) is 21.5 Å². The van der Waals surface area contributed by atoms with Gasteiger partial charge in [-0.3, -0.25) is 5.43 Å². The second kappa shape index (κ2) is 7.72. The molecule has 8 heteroatoms. The minimum atomic E-state index is -1.06. The van der Waals surface area contributed by atoms with Crippen molar-refractivity contribution in [3.8, 4) is 17.0 Å². The molecule has 160 valence electrons. The first-order valence-electron chi connectivity index (χ1n) is 10.1. The minimum absolute atomic E-state index is 0.00370. The molecule has 0 radical (unpaired) electrons. The normalized spacial score (nSPS) is 15.9. The van der Waals surface area contributed by atoms with Gasteiger partial charge in [-0.2, -0.15) is 5.10 Å². The maximum absolute atomic E-state index is 11.3. The first kappa shape index (κ1) is 20.1. The maximum Gasteiger partial charge on any atom is 0.354 e. The molecule has 0 saturated heterocycles. The molecule has 5 rings (SSSR count).